The van der Waals surface area contributed by atoms with Gasteiger partial charge in [-0.2, -0.15) is 5.26 Å². The van der Waals surface area contributed by atoms with Crippen LogP contribution in [0.1, 0.15) is 11.1 Å². The van der Waals surface area contributed by atoms with Gasteiger partial charge in [0.05, 0.1) is 17.4 Å². The summed E-state index contributed by atoms with van der Waals surface area (Å²) in [6.07, 6.45) is 0. The van der Waals surface area contributed by atoms with Crippen LogP contribution in [-0.4, -0.2) is 11.7 Å². The SMILES string of the molecule is N#Cc1cccc(CNC(=O)CSc2ccc(F)c(F)c2)c1. The third-order valence-electron chi connectivity index (χ3n) is 2.81. The van der Waals surface area contributed by atoms with Gasteiger partial charge in [0, 0.05) is 11.4 Å². The number of nitrogens with zero attached hydrogens (tertiary/aromatic N) is 1. The molecule has 2 aromatic rings. The molecule has 0 aliphatic heterocycles. The number of hydrogen-bond donors (Lipinski definition) is 1. The fourth-order valence-electron chi connectivity index (χ4n) is 1.72. The molecule has 0 fully saturated rings. The van der Waals surface area contributed by atoms with Gasteiger partial charge in [-0.15, -0.1) is 11.8 Å². The molecule has 1 amide bonds. The fraction of sp³-hybridized carbons (Fsp3) is 0.125. The minimum atomic E-state index is -0.932. The Balaban J connectivity index is 1.83. The molecule has 0 spiro atoms. The minimum Gasteiger partial charge on any atom is -0.351 e. The van der Waals surface area contributed by atoms with Crippen LogP contribution in [0.4, 0.5) is 8.78 Å². The summed E-state index contributed by atoms with van der Waals surface area (Å²) in [4.78, 5) is 12.2. The molecule has 22 heavy (non-hydrogen) atoms. The lowest BCUT2D eigenvalue weighted by Gasteiger charge is -2.06. The third-order valence-corrected chi connectivity index (χ3v) is 3.80. The number of carbonyl (C=O) groups is 1. The maximum absolute atomic E-state index is 13.0. The van der Waals surface area contributed by atoms with Crippen molar-refractivity contribution in [3.05, 3.63) is 65.2 Å². The van der Waals surface area contributed by atoms with E-state index in [-0.39, 0.29) is 11.7 Å². The van der Waals surface area contributed by atoms with E-state index < -0.39 is 11.6 Å². The average molecular weight is 318 g/mol. The van der Waals surface area contributed by atoms with Crippen LogP contribution in [0, 0.1) is 23.0 Å². The lowest BCUT2D eigenvalue weighted by molar-refractivity contribution is -0.118. The van der Waals surface area contributed by atoms with Crippen molar-refractivity contribution in [3.63, 3.8) is 0 Å². The van der Waals surface area contributed by atoms with Crippen LogP contribution in [0.15, 0.2) is 47.4 Å². The molecule has 0 heterocycles. The summed E-state index contributed by atoms with van der Waals surface area (Å²) in [6.45, 7) is 0.312. The van der Waals surface area contributed by atoms with Gasteiger partial charge in [-0.25, -0.2) is 8.78 Å². The number of amides is 1. The molecule has 6 heteroatoms. The molecule has 0 aliphatic carbocycles. The number of nitrogens with one attached hydrogen (secondary N) is 1. The van der Waals surface area contributed by atoms with E-state index in [2.05, 4.69) is 5.32 Å². The summed E-state index contributed by atoms with van der Waals surface area (Å²) >= 11 is 1.12. The van der Waals surface area contributed by atoms with Gasteiger partial charge in [-0.3, -0.25) is 4.79 Å². The van der Waals surface area contributed by atoms with Gasteiger partial charge in [0.25, 0.3) is 0 Å². The Hall–Kier alpha value is -2.39. The Kier molecular flexibility index (Phi) is 5.50. The maximum atomic E-state index is 13.0. The molecule has 0 aliphatic rings. The number of nitriles is 1. The van der Waals surface area contributed by atoms with Crippen molar-refractivity contribution in [2.45, 2.75) is 11.4 Å². The first kappa shape index (κ1) is 16.0. The normalized spacial score (nSPS) is 10.0. The van der Waals surface area contributed by atoms with Crippen LogP contribution < -0.4 is 5.32 Å². The van der Waals surface area contributed by atoms with Crippen LogP contribution >= 0.6 is 11.8 Å². The molecule has 3 nitrogen and oxygen atoms in total. The van der Waals surface area contributed by atoms with Crippen LogP contribution in [-0.2, 0) is 11.3 Å². The number of carbonyl (C=O) groups excluding carboxylic acids is 1. The Morgan fingerprint density at radius 2 is 2.00 bits per heavy atom. The highest BCUT2D eigenvalue weighted by molar-refractivity contribution is 8.00. The van der Waals surface area contributed by atoms with Gasteiger partial charge in [0.1, 0.15) is 0 Å². The van der Waals surface area contributed by atoms with E-state index in [0.717, 1.165) is 29.5 Å². The first-order valence-corrected chi connectivity index (χ1v) is 7.40. The summed E-state index contributed by atoms with van der Waals surface area (Å²) in [5.74, 6) is -1.97. The molecular formula is C16H12F2N2OS. The molecule has 0 atom stereocenters. The molecule has 0 unspecified atom stereocenters. The molecule has 0 bridgehead atoms. The van der Waals surface area contributed by atoms with Crippen LogP contribution in [0.3, 0.4) is 0 Å². The molecule has 0 saturated carbocycles. The minimum absolute atomic E-state index is 0.100. The van der Waals surface area contributed by atoms with E-state index in [1.54, 1.807) is 18.2 Å². The number of thioether (sulfide) groups is 1. The van der Waals surface area contributed by atoms with Crippen LogP contribution in [0.5, 0.6) is 0 Å². The van der Waals surface area contributed by atoms with Crippen LogP contribution in [0.2, 0.25) is 0 Å². The van der Waals surface area contributed by atoms with Crippen molar-refractivity contribution in [1.29, 1.82) is 5.26 Å². The highest BCUT2D eigenvalue weighted by atomic mass is 32.2. The highest BCUT2D eigenvalue weighted by Crippen LogP contribution is 2.20. The second kappa shape index (κ2) is 7.57. The summed E-state index contributed by atoms with van der Waals surface area (Å²) in [5.41, 5.74) is 1.35. The summed E-state index contributed by atoms with van der Waals surface area (Å²) in [6, 6.07) is 12.5. The van der Waals surface area contributed by atoms with E-state index in [4.69, 9.17) is 5.26 Å². The van der Waals surface area contributed by atoms with Gasteiger partial charge in [-0.05, 0) is 35.9 Å². The second-order valence-corrected chi connectivity index (χ2v) is 5.50. The summed E-state index contributed by atoms with van der Waals surface area (Å²) < 4.78 is 25.8. The van der Waals surface area contributed by atoms with Gasteiger partial charge in [0.15, 0.2) is 11.6 Å². The number of hydrogen-bond acceptors (Lipinski definition) is 3. The maximum Gasteiger partial charge on any atom is 0.230 e. The Morgan fingerprint density at radius 3 is 2.73 bits per heavy atom. The first-order chi connectivity index (χ1) is 10.6. The van der Waals surface area contributed by atoms with E-state index >= 15 is 0 Å². The van der Waals surface area contributed by atoms with E-state index in [1.807, 2.05) is 12.1 Å². The molecule has 112 valence electrons. The van der Waals surface area contributed by atoms with Gasteiger partial charge in [-0.1, -0.05) is 12.1 Å². The van der Waals surface area contributed by atoms with E-state index in [0.29, 0.717) is 17.0 Å². The van der Waals surface area contributed by atoms with Crippen molar-refractivity contribution < 1.29 is 13.6 Å². The quantitative estimate of drug-likeness (QED) is 0.861. The lowest BCUT2D eigenvalue weighted by atomic mass is 10.1. The number of halogens is 2. The Labute approximate surface area is 131 Å². The fourth-order valence-corrected chi connectivity index (χ4v) is 2.47. The van der Waals surface area contributed by atoms with Crippen molar-refractivity contribution >= 4 is 17.7 Å². The number of rotatable bonds is 5. The smallest absolute Gasteiger partial charge is 0.230 e. The third kappa shape index (κ3) is 4.57. The lowest BCUT2D eigenvalue weighted by Crippen LogP contribution is -2.24. The zero-order valence-corrected chi connectivity index (χ0v) is 12.3. The summed E-state index contributed by atoms with van der Waals surface area (Å²) in [5, 5.41) is 11.5. The molecule has 1 N–H and O–H groups in total. The first-order valence-electron chi connectivity index (χ1n) is 6.42. The van der Waals surface area contributed by atoms with E-state index in [9.17, 15) is 13.6 Å². The van der Waals surface area contributed by atoms with Gasteiger partial charge < -0.3 is 5.32 Å². The molecule has 0 aromatic heterocycles. The number of benzene rings is 2. The highest BCUT2D eigenvalue weighted by Gasteiger charge is 2.06. The Morgan fingerprint density at radius 1 is 1.18 bits per heavy atom. The van der Waals surface area contributed by atoms with Crippen molar-refractivity contribution in [2.75, 3.05) is 5.75 Å². The zero-order chi connectivity index (χ0) is 15.9. The van der Waals surface area contributed by atoms with Crippen LogP contribution in [0.25, 0.3) is 0 Å². The molecule has 2 rings (SSSR count). The van der Waals surface area contributed by atoms with E-state index in [1.165, 1.54) is 6.07 Å². The summed E-state index contributed by atoms with van der Waals surface area (Å²) in [7, 11) is 0. The monoisotopic (exact) mass is 318 g/mol. The molecule has 0 radical (unpaired) electrons. The van der Waals surface area contributed by atoms with Crippen molar-refractivity contribution in [3.8, 4) is 6.07 Å². The zero-order valence-electron chi connectivity index (χ0n) is 11.5. The second-order valence-electron chi connectivity index (χ2n) is 4.45. The Bertz CT molecular complexity index is 728. The standard InChI is InChI=1S/C16H12F2N2OS/c17-14-5-4-13(7-15(14)18)22-10-16(21)20-9-12-3-1-2-11(6-12)8-19/h1-7H,9-10H2,(H,20,21). The van der Waals surface area contributed by atoms with Crippen molar-refractivity contribution in [1.82, 2.24) is 5.32 Å². The van der Waals surface area contributed by atoms with Gasteiger partial charge in [0.2, 0.25) is 5.91 Å². The predicted octanol–water partition coefficient (Wildman–Crippen LogP) is 3.24. The molecule has 0 saturated heterocycles. The van der Waals surface area contributed by atoms with Crippen molar-refractivity contribution in [2.24, 2.45) is 0 Å². The predicted molar refractivity (Wildman–Crippen MR) is 80.1 cm³/mol. The van der Waals surface area contributed by atoms with Gasteiger partial charge >= 0.3 is 0 Å². The average Bonchev–Trinajstić information content (AvgIpc) is 2.54. The molecule has 2 aromatic carbocycles. The topological polar surface area (TPSA) is 52.9 Å². The molecular weight excluding hydrogens is 306 g/mol. The largest absolute Gasteiger partial charge is 0.351 e.